The van der Waals surface area contributed by atoms with E-state index in [9.17, 15) is 9.59 Å². The van der Waals surface area contributed by atoms with Gasteiger partial charge in [0.15, 0.2) is 5.69 Å². The molecule has 0 fully saturated rings. The van der Waals surface area contributed by atoms with Crippen LogP contribution in [0.2, 0.25) is 0 Å². The van der Waals surface area contributed by atoms with E-state index in [2.05, 4.69) is 20.6 Å². The van der Waals surface area contributed by atoms with Gasteiger partial charge in [0.2, 0.25) is 0 Å². The van der Waals surface area contributed by atoms with Crippen LogP contribution in [0, 0.1) is 0 Å². The summed E-state index contributed by atoms with van der Waals surface area (Å²) in [6, 6.07) is 0. The monoisotopic (exact) mass is 281 g/mol. The standard InChI is InChI=1S/C10H11N5O3S/c16-9(17)4-15-3-8(13-14-15)10(18)11-2-1-7-5-19-6-12-7/h3,5-6H,1-2,4H2,(H,11,18)(H,16,17). The molecule has 0 saturated heterocycles. The van der Waals surface area contributed by atoms with Crippen molar-refractivity contribution in [2.75, 3.05) is 6.54 Å². The molecule has 0 bridgehead atoms. The quantitative estimate of drug-likeness (QED) is 0.758. The molecule has 0 unspecified atom stereocenters. The summed E-state index contributed by atoms with van der Waals surface area (Å²) < 4.78 is 1.09. The van der Waals surface area contributed by atoms with Crippen LogP contribution in [0.5, 0.6) is 0 Å². The molecule has 0 aromatic carbocycles. The summed E-state index contributed by atoms with van der Waals surface area (Å²) in [6.45, 7) is 0.119. The van der Waals surface area contributed by atoms with Crippen molar-refractivity contribution in [1.29, 1.82) is 0 Å². The number of thiazole rings is 1. The zero-order valence-corrected chi connectivity index (χ0v) is 10.6. The molecule has 0 spiro atoms. The topological polar surface area (TPSA) is 110 Å². The Morgan fingerprint density at radius 1 is 1.47 bits per heavy atom. The predicted octanol–water partition coefficient (Wildman–Crippen LogP) is -0.208. The number of aromatic nitrogens is 4. The highest BCUT2D eigenvalue weighted by atomic mass is 32.1. The summed E-state index contributed by atoms with van der Waals surface area (Å²) in [6.07, 6.45) is 1.94. The number of carbonyl (C=O) groups excluding carboxylic acids is 1. The number of carboxylic acid groups (broad SMARTS) is 1. The first kappa shape index (κ1) is 13.1. The highest BCUT2D eigenvalue weighted by Crippen LogP contribution is 2.01. The Morgan fingerprint density at radius 2 is 2.32 bits per heavy atom. The highest BCUT2D eigenvalue weighted by molar-refractivity contribution is 7.07. The molecule has 100 valence electrons. The minimum Gasteiger partial charge on any atom is -0.480 e. The maximum absolute atomic E-state index is 11.7. The van der Waals surface area contributed by atoms with Gasteiger partial charge in [0, 0.05) is 18.3 Å². The second-order valence-electron chi connectivity index (χ2n) is 3.68. The Hall–Kier alpha value is -2.29. The van der Waals surface area contributed by atoms with Gasteiger partial charge in [0.05, 0.1) is 17.4 Å². The third kappa shape index (κ3) is 3.85. The number of amides is 1. The number of nitrogens with one attached hydrogen (secondary N) is 1. The van der Waals surface area contributed by atoms with E-state index in [4.69, 9.17) is 5.11 Å². The fourth-order valence-electron chi connectivity index (χ4n) is 1.37. The summed E-state index contributed by atoms with van der Waals surface area (Å²) >= 11 is 1.50. The SMILES string of the molecule is O=C(O)Cn1cc(C(=O)NCCc2cscn2)nn1. The number of carbonyl (C=O) groups is 2. The zero-order valence-electron chi connectivity index (χ0n) is 9.81. The van der Waals surface area contributed by atoms with Crippen LogP contribution in [0.3, 0.4) is 0 Å². The van der Waals surface area contributed by atoms with Gasteiger partial charge in [-0.25, -0.2) is 9.67 Å². The number of hydrogen-bond donors (Lipinski definition) is 2. The Kier molecular flexibility index (Phi) is 4.18. The van der Waals surface area contributed by atoms with E-state index in [0.717, 1.165) is 10.4 Å². The second-order valence-corrected chi connectivity index (χ2v) is 4.40. The van der Waals surface area contributed by atoms with E-state index >= 15 is 0 Å². The molecule has 19 heavy (non-hydrogen) atoms. The maximum atomic E-state index is 11.7. The Morgan fingerprint density at radius 3 is 3.00 bits per heavy atom. The molecule has 8 nitrogen and oxygen atoms in total. The van der Waals surface area contributed by atoms with E-state index < -0.39 is 5.97 Å². The molecule has 0 aliphatic carbocycles. The van der Waals surface area contributed by atoms with Crippen molar-refractivity contribution >= 4 is 23.2 Å². The molecule has 0 aliphatic heterocycles. The average molecular weight is 281 g/mol. The van der Waals surface area contributed by atoms with Gasteiger partial charge in [-0.1, -0.05) is 5.21 Å². The van der Waals surface area contributed by atoms with Crippen molar-refractivity contribution in [3.63, 3.8) is 0 Å². The highest BCUT2D eigenvalue weighted by Gasteiger charge is 2.11. The van der Waals surface area contributed by atoms with Crippen molar-refractivity contribution in [3.05, 3.63) is 28.5 Å². The number of aliphatic carboxylic acids is 1. The zero-order chi connectivity index (χ0) is 13.7. The first-order chi connectivity index (χ1) is 9.15. The molecule has 2 aromatic heterocycles. The Balaban J connectivity index is 1.82. The predicted molar refractivity (Wildman–Crippen MR) is 65.8 cm³/mol. The van der Waals surface area contributed by atoms with Crippen LogP contribution in [0.15, 0.2) is 17.1 Å². The van der Waals surface area contributed by atoms with Crippen molar-refractivity contribution in [1.82, 2.24) is 25.3 Å². The minimum absolute atomic E-state index is 0.0968. The molecule has 0 aliphatic rings. The van der Waals surface area contributed by atoms with Crippen molar-refractivity contribution in [2.24, 2.45) is 0 Å². The van der Waals surface area contributed by atoms with Crippen LogP contribution in [0.4, 0.5) is 0 Å². The van der Waals surface area contributed by atoms with Gasteiger partial charge in [0.25, 0.3) is 5.91 Å². The van der Waals surface area contributed by atoms with Gasteiger partial charge in [0.1, 0.15) is 6.54 Å². The summed E-state index contributed by atoms with van der Waals surface area (Å²) in [5.74, 6) is -1.42. The molecule has 2 N–H and O–H groups in total. The molecule has 0 radical (unpaired) electrons. The van der Waals surface area contributed by atoms with Crippen LogP contribution in [0.25, 0.3) is 0 Å². The summed E-state index contributed by atoms with van der Waals surface area (Å²) in [5.41, 5.74) is 2.74. The minimum atomic E-state index is -1.04. The van der Waals surface area contributed by atoms with E-state index in [1.165, 1.54) is 17.5 Å². The molecule has 2 rings (SSSR count). The molecule has 2 aromatic rings. The molecule has 1 amide bonds. The van der Waals surface area contributed by atoms with Gasteiger partial charge < -0.3 is 10.4 Å². The van der Waals surface area contributed by atoms with Gasteiger partial charge in [-0.3, -0.25) is 9.59 Å². The fourth-order valence-corrected chi connectivity index (χ4v) is 1.97. The number of carboxylic acids is 1. The van der Waals surface area contributed by atoms with Crippen LogP contribution in [-0.4, -0.2) is 43.5 Å². The van der Waals surface area contributed by atoms with Gasteiger partial charge in [-0.2, -0.15) is 0 Å². The van der Waals surface area contributed by atoms with E-state index in [-0.39, 0.29) is 18.1 Å². The van der Waals surface area contributed by atoms with Gasteiger partial charge >= 0.3 is 5.97 Å². The number of hydrogen-bond acceptors (Lipinski definition) is 6. The normalized spacial score (nSPS) is 10.3. The van der Waals surface area contributed by atoms with E-state index in [1.807, 2.05) is 5.38 Å². The molecule has 0 saturated carbocycles. The fraction of sp³-hybridized carbons (Fsp3) is 0.300. The molecular weight excluding hydrogens is 270 g/mol. The van der Waals surface area contributed by atoms with E-state index in [0.29, 0.717) is 13.0 Å². The molecule has 2 heterocycles. The lowest BCUT2D eigenvalue weighted by Gasteiger charge is -2.00. The first-order valence-corrected chi connectivity index (χ1v) is 6.36. The first-order valence-electron chi connectivity index (χ1n) is 5.42. The third-order valence-electron chi connectivity index (χ3n) is 2.22. The van der Waals surface area contributed by atoms with Crippen molar-refractivity contribution in [3.8, 4) is 0 Å². The lowest BCUT2D eigenvalue weighted by atomic mass is 10.3. The average Bonchev–Trinajstić information content (AvgIpc) is 2.99. The van der Waals surface area contributed by atoms with Crippen LogP contribution in [0.1, 0.15) is 16.2 Å². The van der Waals surface area contributed by atoms with Crippen molar-refractivity contribution < 1.29 is 14.7 Å². The second kappa shape index (κ2) is 6.05. The smallest absolute Gasteiger partial charge is 0.325 e. The third-order valence-corrected chi connectivity index (χ3v) is 2.85. The summed E-state index contributed by atoms with van der Waals surface area (Å²) in [7, 11) is 0. The summed E-state index contributed by atoms with van der Waals surface area (Å²) in [5, 5.41) is 20.3. The maximum Gasteiger partial charge on any atom is 0.325 e. The van der Waals surface area contributed by atoms with Gasteiger partial charge in [-0.05, 0) is 0 Å². The van der Waals surface area contributed by atoms with Crippen LogP contribution in [-0.2, 0) is 17.8 Å². The molecule has 0 atom stereocenters. The summed E-state index contributed by atoms with van der Waals surface area (Å²) in [4.78, 5) is 26.2. The lowest BCUT2D eigenvalue weighted by molar-refractivity contribution is -0.137. The lowest BCUT2D eigenvalue weighted by Crippen LogP contribution is -2.26. The van der Waals surface area contributed by atoms with E-state index in [1.54, 1.807) is 5.51 Å². The largest absolute Gasteiger partial charge is 0.480 e. The van der Waals surface area contributed by atoms with Crippen LogP contribution < -0.4 is 5.32 Å². The molecule has 9 heteroatoms. The molecular formula is C10H11N5O3S. The van der Waals surface area contributed by atoms with Gasteiger partial charge in [-0.15, -0.1) is 16.4 Å². The van der Waals surface area contributed by atoms with Crippen LogP contribution >= 0.6 is 11.3 Å². The number of nitrogens with zero attached hydrogens (tertiary/aromatic N) is 4. The Labute approximate surface area is 112 Å². The van der Waals surface area contributed by atoms with Crippen molar-refractivity contribution in [2.45, 2.75) is 13.0 Å². The number of rotatable bonds is 6. The Bertz CT molecular complexity index is 565.